The van der Waals surface area contributed by atoms with Crippen LogP contribution in [0.15, 0.2) is 11.8 Å². The summed E-state index contributed by atoms with van der Waals surface area (Å²) >= 11 is 0. The summed E-state index contributed by atoms with van der Waals surface area (Å²) in [5.41, 5.74) is 0.347. The van der Waals surface area contributed by atoms with Crippen LogP contribution in [0.4, 0.5) is 0 Å². The molecule has 1 fully saturated rings. The van der Waals surface area contributed by atoms with Crippen molar-refractivity contribution in [3.63, 3.8) is 0 Å². The second-order valence-corrected chi connectivity index (χ2v) is 7.46. The number of rotatable bonds is 6. The Kier molecular flexibility index (Phi) is 6.43. The minimum absolute atomic E-state index is 0.00334. The van der Waals surface area contributed by atoms with E-state index < -0.39 is 0 Å². The highest BCUT2D eigenvalue weighted by Crippen LogP contribution is 2.28. The van der Waals surface area contributed by atoms with Crippen LogP contribution in [0.2, 0.25) is 0 Å². The molecule has 1 amide bonds. The summed E-state index contributed by atoms with van der Waals surface area (Å²) in [6, 6.07) is 2.28. The van der Waals surface area contributed by atoms with Crippen LogP contribution in [0.5, 0.6) is 0 Å². The van der Waals surface area contributed by atoms with Gasteiger partial charge < -0.3 is 16.0 Å². The molecule has 0 saturated carbocycles. The molecular weight excluding hydrogens is 276 g/mol. The van der Waals surface area contributed by atoms with Crippen molar-refractivity contribution >= 4 is 5.91 Å². The van der Waals surface area contributed by atoms with Gasteiger partial charge in [0, 0.05) is 29.7 Å². The maximum Gasteiger partial charge on any atom is 0.246 e. The average Bonchev–Trinajstić information content (AvgIpc) is 2.34. The van der Waals surface area contributed by atoms with Crippen molar-refractivity contribution < 1.29 is 4.79 Å². The second-order valence-electron chi connectivity index (χ2n) is 7.46. The summed E-state index contributed by atoms with van der Waals surface area (Å²) < 4.78 is 0. The first-order chi connectivity index (χ1) is 10.2. The number of hydrogen-bond donors (Lipinski definition) is 3. The molecule has 0 bridgehead atoms. The topological polar surface area (TPSA) is 77.0 Å². The Bertz CT molecular complexity index is 444. The molecule has 5 heteroatoms. The molecule has 5 nitrogen and oxygen atoms in total. The van der Waals surface area contributed by atoms with Crippen molar-refractivity contribution in [2.45, 2.75) is 77.4 Å². The molecule has 124 valence electrons. The number of unbranched alkanes of at least 4 members (excludes halogenated alkanes) is 1. The fraction of sp³-hybridized carbons (Fsp3) is 0.765. The Morgan fingerprint density at radius 3 is 2.41 bits per heavy atom. The summed E-state index contributed by atoms with van der Waals surface area (Å²) in [6.45, 7) is 11.4. The van der Waals surface area contributed by atoms with Crippen LogP contribution in [-0.4, -0.2) is 29.6 Å². The highest BCUT2D eigenvalue weighted by molar-refractivity contribution is 5.88. The third-order valence-electron chi connectivity index (χ3n) is 3.78. The van der Waals surface area contributed by atoms with Gasteiger partial charge in [-0.1, -0.05) is 13.3 Å². The molecule has 1 aliphatic heterocycles. The van der Waals surface area contributed by atoms with E-state index in [1.54, 1.807) is 0 Å². The molecule has 0 unspecified atom stereocenters. The second kappa shape index (κ2) is 7.64. The first-order valence-electron chi connectivity index (χ1n) is 8.13. The van der Waals surface area contributed by atoms with E-state index in [9.17, 15) is 10.1 Å². The Morgan fingerprint density at radius 1 is 1.32 bits per heavy atom. The number of nitrogens with one attached hydrogen (secondary N) is 3. The summed E-state index contributed by atoms with van der Waals surface area (Å²) in [7, 11) is 0. The fourth-order valence-corrected chi connectivity index (χ4v) is 3.32. The van der Waals surface area contributed by atoms with E-state index in [1.165, 1.54) is 6.08 Å². The summed E-state index contributed by atoms with van der Waals surface area (Å²) in [5, 5.41) is 18.9. The molecule has 0 aliphatic carbocycles. The van der Waals surface area contributed by atoms with E-state index in [-0.39, 0.29) is 23.0 Å². The van der Waals surface area contributed by atoms with Crippen molar-refractivity contribution in [2.75, 3.05) is 6.54 Å². The molecule has 0 radical (unpaired) electrons. The van der Waals surface area contributed by atoms with Gasteiger partial charge in [-0.15, -0.1) is 0 Å². The molecule has 3 N–H and O–H groups in total. The van der Waals surface area contributed by atoms with Crippen LogP contribution in [0.25, 0.3) is 0 Å². The monoisotopic (exact) mass is 306 g/mol. The quantitative estimate of drug-likeness (QED) is 0.399. The predicted octanol–water partition coefficient (Wildman–Crippen LogP) is 2.21. The van der Waals surface area contributed by atoms with Crippen molar-refractivity contribution in [3.05, 3.63) is 11.8 Å². The minimum atomic E-state index is -0.204. The van der Waals surface area contributed by atoms with E-state index in [0.717, 1.165) is 25.7 Å². The summed E-state index contributed by atoms with van der Waals surface area (Å²) in [5.74, 6) is -0.204. The molecular formula is C17H30N4O. The van der Waals surface area contributed by atoms with E-state index in [2.05, 4.69) is 56.6 Å². The van der Waals surface area contributed by atoms with Gasteiger partial charge in [0.15, 0.2) is 0 Å². The van der Waals surface area contributed by atoms with Crippen LogP contribution >= 0.6 is 0 Å². The zero-order valence-electron chi connectivity index (χ0n) is 14.5. The lowest BCUT2D eigenvalue weighted by atomic mass is 9.79. The maximum atomic E-state index is 11.8. The van der Waals surface area contributed by atoms with Crippen LogP contribution in [-0.2, 0) is 4.79 Å². The Morgan fingerprint density at radius 2 is 1.91 bits per heavy atom. The van der Waals surface area contributed by atoms with E-state index in [0.29, 0.717) is 12.2 Å². The van der Waals surface area contributed by atoms with Crippen molar-refractivity contribution in [3.8, 4) is 6.07 Å². The largest absolute Gasteiger partial charge is 0.373 e. The molecule has 1 heterocycles. The highest BCUT2D eigenvalue weighted by atomic mass is 16.1. The molecule has 0 aromatic carbocycles. The van der Waals surface area contributed by atoms with E-state index >= 15 is 0 Å². The predicted molar refractivity (Wildman–Crippen MR) is 89.1 cm³/mol. The number of carbonyl (C=O) groups is 1. The first kappa shape index (κ1) is 18.5. The Hall–Kier alpha value is -1.54. The van der Waals surface area contributed by atoms with Gasteiger partial charge >= 0.3 is 0 Å². The van der Waals surface area contributed by atoms with Crippen LogP contribution in [0.3, 0.4) is 0 Å². The number of hydrogen-bond acceptors (Lipinski definition) is 4. The van der Waals surface area contributed by atoms with Crippen molar-refractivity contribution in [2.24, 2.45) is 0 Å². The normalized spacial score (nSPS) is 21.0. The SMILES string of the molecule is CCCCNC(=O)/C=C(\C#N)NC1CC(C)(C)NC(C)(C)C1. The molecule has 1 aliphatic rings. The number of carbonyl (C=O) groups excluding carboxylic acids is 1. The summed E-state index contributed by atoms with van der Waals surface area (Å²) in [4.78, 5) is 11.8. The molecule has 1 rings (SSSR count). The van der Waals surface area contributed by atoms with Gasteiger partial charge in [-0.05, 0) is 47.0 Å². The van der Waals surface area contributed by atoms with Gasteiger partial charge in [0.25, 0.3) is 0 Å². The number of allylic oxidation sites excluding steroid dienone is 1. The first-order valence-corrected chi connectivity index (χ1v) is 8.13. The van der Waals surface area contributed by atoms with Gasteiger partial charge in [0.2, 0.25) is 5.91 Å². The van der Waals surface area contributed by atoms with E-state index in [4.69, 9.17) is 0 Å². The summed E-state index contributed by atoms with van der Waals surface area (Å²) in [6.07, 6.45) is 5.18. The third kappa shape index (κ3) is 6.48. The van der Waals surface area contributed by atoms with E-state index in [1.807, 2.05) is 0 Å². The van der Waals surface area contributed by atoms with Crippen LogP contribution < -0.4 is 16.0 Å². The zero-order valence-corrected chi connectivity index (χ0v) is 14.5. The lowest BCUT2D eigenvalue weighted by Gasteiger charge is -2.46. The Labute approximate surface area is 134 Å². The van der Waals surface area contributed by atoms with Gasteiger partial charge in [-0.25, -0.2) is 0 Å². The zero-order chi connectivity index (χ0) is 16.8. The standard InChI is InChI=1S/C17H30N4O/c1-6-7-8-19-15(22)9-13(12-18)20-14-10-16(2,3)21-17(4,5)11-14/h9,14,20-21H,6-8,10-11H2,1-5H3,(H,19,22)/b13-9+. The number of nitrogens with zero attached hydrogens (tertiary/aromatic N) is 1. The fourth-order valence-electron chi connectivity index (χ4n) is 3.32. The average molecular weight is 306 g/mol. The minimum Gasteiger partial charge on any atom is -0.373 e. The van der Waals surface area contributed by atoms with Gasteiger partial charge in [0.1, 0.15) is 11.8 Å². The van der Waals surface area contributed by atoms with Crippen molar-refractivity contribution in [1.29, 1.82) is 5.26 Å². The highest BCUT2D eigenvalue weighted by Gasteiger charge is 2.37. The van der Waals surface area contributed by atoms with Crippen LogP contribution in [0, 0.1) is 11.3 Å². The smallest absolute Gasteiger partial charge is 0.246 e. The van der Waals surface area contributed by atoms with Crippen molar-refractivity contribution in [1.82, 2.24) is 16.0 Å². The third-order valence-corrected chi connectivity index (χ3v) is 3.78. The molecule has 0 aromatic heterocycles. The molecule has 1 saturated heterocycles. The molecule has 22 heavy (non-hydrogen) atoms. The number of piperidine rings is 1. The van der Waals surface area contributed by atoms with Gasteiger partial charge in [-0.2, -0.15) is 5.26 Å². The Balaban J connectivity index is 2.65. The lowest BCUT2D eigenvalue weighted by molar-refractivity contribution is -0.116. The van der Waals surface area contributed by atoms with Gasteiger partial charge in [-0.3, -0.25) is 4.79 Å². The molecule has 0 aromatic rings. The number of nitriles is 1. The molecule has 0 spiro atoms. The number of amides is 1. The molecule has 0 atom stereocenters. The lowest BCUT2D eigenvalue weighted by Crippen LogP contribution is -2.61. The van der Waals surface area contributed by atoms with Crippen LogP contribution in [0.1, 0.15) is 60.3 Å². The maximum absolute atomic E-state index is 11.8. The van der Waals surface area contributed by atoms with Gasteiger partial charge in [0.05, 0.1) is 0 Å².